The minimum Gasteiger partial charge on any atom is -0.397 e. The largest absolute Gasteiger partial charge is 0.397 e. The molecule has 9 heterocycles. The molecule has 12 rings (SSSR count). The molecule has 9 aromatic rings. The minimum atomic E-state index is -1.05. The Morgan fingerprint density at radius 2 is 0.821 bits per heavy atom. The van der Waals surface area contributed by atoms with Gasteiger partial charge >= 0.3 is 0 Å². The maximum absolute atomic E-state index is 12.9. The second-order valence-corrected chi connectivity index (χ2v) is 24.3. The van der Waals surface area contributed by atoms with Crippen LogP contribution in [0.15, 0.2) is 135 Å². The standard InChI is InChI=1S/C23H30N6O4.C22H28N6O4.C21H25N5O4/c1-3-28(2)21-19-22(26-12-25-21)29(13-27-19)23-20(32)15(18(11-30)33-23)10-17(31)16(24)9-14-7-5-4-6-8-14;1-27(2)20-18-21(25-11-24-20)28(12-26-18)22-19(31)14(17(10-29)32-22)9-16(30)15(23)8-13-6-4-3-5-7-13;22-14-6-7-24-20-18(14)25-11-26(20)21-19(29)13(17(10-27)30-21)9-16(28)15(23)8-12-4-2-1-3-5-12/h4-8,12-13,15-16,18,20,23,30,32H,3,9-11,24H2,1-2H3;3-7,11-12,14-15,17,19,22,29,31H,8-10,23H2,1-2H3;1-7,11,13,15,17,19,21,27,29H,8-10,23H2,(H2,22,24)/t15-,16-,18+,20?,23+;14-,15-,17+,19?,22+;13-,15-,17+,19?,21+/m000/s1. The molecule has 3 aliphatic heterocycles. The number of aliphatic hydroxyl groups is 6. The number of aliphatic hydroxyl groups excluding tert-OH is 6. The number of nitrogen functional groups attached to an aromatic ring is 1. The molecule has 29 heteroatoms. The molecule has 6 aromatic heterocycles. The molecule has 0 aliphatic carbocycles. The number of nitrogens with two attached hydrogens (primary N) is 4. The molecule has 15 atom stereocenters. The Kier molecular flexibility index (Phi) is 22.7. The van der Waals surface area contributed by atoms with Crippen LogP contribution in [0.5, 0.6) is 0 Å². The molecule has 0 saturated carbocycles. The van der Waals surface area contributed by atoms with Crippen molar-refractivity contribution in [1.29, 1.82) is 0 Å². The number of rotatable bonds is 24. The number of anilines is 3. The van der Waals surface area contributed by atoms with Crippen molar-refractivity contribution in [2.75, 3.05) is 63.0 Å². The van der Waals surface area contributed by atoms with Gasteiger partial charge in [0.2, 0.25) is 0 Å². The molecular weight excluding hydrogens is 1220 g/mol. The summed E-state index contributed by atoms with van der Waals surface area (Å²) in [6.07, 6.45) is 2.39. The van der Waals surface area contributed by atoms with Gasteiger partial charge in [0.1, 0.15) is 53.8 Å². The Morgan fingerprint density at radius 3 is 1.17 bits per heavy atom. The summed E-state index contributed by atoms with van der Waals surface area (Å²) in [5.41, 5.74) is 30.8. The van der Waals surface area contributed by atoms with E-state index in [1.165, 1.54) is 25.3 Å². The van der Waals surface area contributed by atoms with Crippen LogP contribution in [0, 0.1) is 17.8 Å². The normalized spacial score (nSPS) is 24.2. The predicted octanol–water partition coefficient (Wildman–Crippen LogP) is 1.38. The fraction of sp³-hybridized carbons (Fsp3) is 0.439. The summed E-state index contributed by atoms with van der Waals surface area (Å²) in [4.78, 5) is 76.7. The van der Waals surface area contributed by atoms with Crippen molar-refractivity contribution >= 4 is 68.2 Å². The lowest BCUT2D eigenvalue weighted by atomic mass is 9.89. The molecule has 0 amide bonds. The third-order valence-corrected chi connectivity index (χ3v) is 17.8. The van der Waals surface area contributed by atoms with E-state index < -0.39 is 91.2 Å². The number of pyridine rings is 1. The molecule has 0 radical (unpaired) electrons. The van der Waals surface area contributed by atoms with Gasteiger partial charge in [0.25, 0.3) is 0 Å². The Balaban J connectivity index is 0.000000155. The van der Waals surface area contributed by atoms with Crippen molar-refractivity contribution in [3.05, 3.63) is 152 Å². The number of ketones is 3. The van der Waals surface area contributed by atoms with Crippen LogP contribution in [0.4, 0.5) is 17.3 Å². The van der Waals surface area contributed by atoms with Crippen LogP contribution in [0.25, 0.3) is 33.5 Å². The molecule has 3 aromatic carbocycles. The first-order valence-corrected chi connectivity index (χ1v) is 31.4. The van der Waals surface area contributed by atoms with E-state index in [0.29, 0.717) is 70.1 Å². The number of carbonyl (C=O) groups is 3. The van der Waals surface area contributed by atoms with Crippen LogP contribution in [-0.2, 0) is 47.9 Å². The number of imidazole rings is 3. The van der Waals surface area contributed by atoms with Gasteiger partial charge < -0.3 is 77.6 Å². The van der Waals surface area contributed by atoms with Crippen LogP contribution >= 0.6 is 0 Å². The number of fused-ring (bicyclic) bond motifs is 3. The van der Waals surface area contributed by atoms with E-state index in [-0.39, 0.29) is 56.4 Å². The van der Waals surface area contributed by atoms with Crippen molar-refractivity contribution in [3.8, 4) is 0 Å². The summed E-state index contributed by atoms with van der Waals surface area (Å²) in [5, 5.41) is 62.6. The average molecular weight is 1310 g/mol. The summed E-state index contributed by atoms with van der Waals surface area (Å²) in [5.74, 6) is -1.07. The van der Waals surface area contributed by atoms with Crippen molar-refractivity contribution in [1.82, 2.24) is 53.6 Å². The number of benzene rings is 3. The van der Waals surface area contributed by atoms with Crippen LogP contribution in [0.2, 0.25) is 0 Å². The fourth-order valence-electron chi connectivity index (χ4n) is 12.4. The zero-order chi connectivity index (χ0) is 67.6. The molecule has 0 spiro atoms. The van der Waals surface area contributed by atoms with Gasteiger partial charge in [-0.2, -0.15) is 0 Å². The number of hydrogen-bond acceptors (Lipinski definition) is 26. The highest BCUT2D eigenvalue weighted by molar-refractivity contribution is 5.87. The second kappa shape index (κ2) is 31.2. The van der Waals surface area contributed by atoms with Crippen LogP contribution in [0.3, 0.4) is 0 Å². The zero-order valence-corrected chi connectivity index (χ0v) is 53.2. The van der Waals surface area contributed by atoms with Crippen molar-refractivity contribution in [2.24, 2.45) is 35.0 Å². The predicted molar refractivity (Wildman–Crippen MR) is 351 cm³/mol. The molecule has 3 unspecified atom stereocenters. The monoisotopic (exact) mass is 1310 g/mol. The van der Waals surface area contributed by atoms with Crippen molar-refractivity contribution < 1.29 is 59.2 Å². The summed E-state index contributed by atoms with van der Waals surface area (Å²) in [6, 6.07) is 28.1. The third-order valence-electron chi connectivity index (χ3n) is 17.8. The summed E-state index contributed by atoms with van der Waals surface area (Å²) in [6.45, 7) is 1.75. The van der Waals surface area contributed by atoms with Crippen LogP contribution in [0.1, 0.15) is 61.6 Å². The number of aromatic nitrogens is 11. The lowest BCUT2D eigenvalue weighted by Gasteiger charge is -2.20. The van der Waals surface area contributed by atoms with Gasteiger partial charge in [0, 0.05) is 70.9 Å². The third kappa shape index (κ3) is 15.4. The topological polar surface area (TPSA) is 429 Å². The number of ether oxygens (including phenoxy) is 3. The lowest BCUT2D eigenvalue weighted by molar-refractivity contribution is -0.123. The molecule has 3 aliphatic rings. The number of nitrogens with zero attached hydrogens (tertiary/aromatic N) is 13. The first kappa shape index (κ1) is 69.1. The minimum absolute atomic E-state index is 0.000902. The molecule has 0 bridgehead atoms. The van der Waals surface area contributed by atoms with Gasteiger partial charge in [-0.05, 0) is 48.9 Å². The zero-order valence-electron chi connectivity index (χ0n) is 53.2. The highest BCUT2D eigenvalue weighted by atomic mass is 16.6. The first-order valence-electron chi connectivity index (χ1n) is 31.4. The Labute approximate surface area is 547 Å². The van der Waals surface area contributed by atoms with E-state index in [9.17, 15) is 45.0 Å². The molecule has 95 heavy (non-hydrogen) atoms. The maximum atomic E-state index is 12.9. The van der Waals surface area contributed by atoms with Gasteiger partial charge in [0.15, 0.2) is 58.3 Å². The van der Waals surface area contributed by atoms with Gasteiger partial charge in [-0.1, -0.05) is 91.0 Å². The first-order chi connectivity index (χ1) is 45.8. The van der Waals surface area contributed by atoms with E-state index in [4.69, 9.17) is 37.1 Å². The second-order valence-electron chi connectivity index (χ2n) is 24.3. The molecule has 504 valence electrons. The highest BCUT2D eigenvalue weighted by Gasteiger charge is 2.49. The Hall–Kier alpha value is -8.69. The molecular formula is C66H83N17O12. The van der Waals surface area contributed by atoms with E-state index >= 15 is 0 Å². The molecule has 29 nitrogen and oxygen atoms in total. The summed E-state index contributed by atoms with van der Waals surface area (Å²) >= 11 is 0. The average Bonchev–Trinajstić information content (AvgIpc) is 1.64. The van der Waals surface area contributed by atoms with Gasteiger partial charge in [0.05, 0.1) is 80.9 Å². The molecule has 3 saturated heterocycles. The van der Waals surface area contributed by atoms with E-state index in [2.05, 4.69) is 39.9 Å². The Morgan fingerprint density at radius 1 is 0.484 bits per heavy atom. The number of hydrogen-bond donors (Lipinski definition) is 10. The van der Waals surface area contributed by atoms with E-state index in [0.717, 1.165) is 23.2 Å². The number of Topliss-reactive ketones (excluding diaryl/α,β-unsaturated/α-hetero) is 3. The van der Waals surface area contributed by atoms with Gasteiger partial charge in [-0.25, -0.2) is 39.9 Å². The SMILES string of the molecule is CCN(C)c1ncnc2c1ncn2[C@@H]1O[C@H](CO)[C@H](CC(=O)[C@@H](N)Cc2ccccc2)C1O.CN(C)c1ncnc2c1ncn2[C@@H]1O[C@H](CO)[C@H](CC(=O)[C@@H](N)Cc2ccccc2)C1O.Nc1ccnc2c1ncn2[C@@H]1O[C@H](CO)[C@H](CC(=O)[C@@H](N)Cc2ccccc2)C1O. The van der Waals surface area contributed by atoms with E-state index in [1.807, 2.05) is 129 Å². The smallest absolute Gasteiger partial charge is 0.167 e. The summed E-state index contributed by atoms with van der Waals surface area (Å²) < 4.78 is 22.6. The van der Waals surface area contributed by atoms with E-state index in [1.54, 1.807) is 32.3 Å². The van der Waals surface area contributed by atoms with Gasteiger partial charge in [-0.3, -0.25) is 28.1 Å². The van der Waals surface area contributed by atoms with Crippen LogP contribution < -0.4 is 32.7 Å². The van der Waals surface area contributed by atoms with Gasteiger partial charge in [-0.15, -0.1) is 0 Å². The maximum Gasteiger partial charge on any atom is 0.167 e. The fourth-order valence-corrected chi connectivity index (χ4v) is 12.4. The molecule has 14 N–H and O–H groups in total. The highest BCUT2D eigenvalue weighted by Crippen LogP contribution is 2.41. The number of carbonyl (C=O) groups excluding carboxylic acids is 3. The quantitative estimate of drug-likeness (QED) is 0.0408. The lowest BCUT2D eigenvalue weighted by Crippen LogP contribution is -2.38. The summed E-state index contributed by atoms with van der Waals surface area (Å²) in [7, 11) is 5.61. The van der Waals surface area contributed by atoms with Crippen molar-refractivity contribution in [3.63, 3.8) is 0 Å². The van der Waals surface area contributed by atoms with Crippen molar-refractivity contribution in [2.45, 2.75) is 119 Å². The Bertz CT molecular complexity index is 4000. The molecule has 3 fully saturated rings. The van der Waals surface area contributed by atoms with Crippen LogP contribution in [-0.4, -0.2) is 204 Å².